The lowest BCUT2D eigenvalue weighted by Crippen LogP contribution is -2.42. The summed E-state index contributed by atoms with van der Waals surface area (Å²) >= 11 is 1.58. The van der Waals surface area contributed by atoms with Crippen molar-refractivity contribution in [1.82, 2.24) is 15.5 Å². The molecule has 1 N–H and O–H groups in total. The van der Waals surface area contributed by atoms with E-state index in [1.165, 1.54) is 12.8 Å². The molecule has 1 saturated carbocycles. The normalized spacial score (nSPS) is 17.9. The number of unbranched alkanes of at least 4 members (excludes halogenated alkanes) is 1. The van der Waals surface area contributed by atoms with Crippen molar-refractivity contribution in [2.75, 3.05) is 5.75 Å². The van der Waals surface area contributed by atoms with Gasteiger partial charge in [-0.3, -0.25) is 5.32 Å². The molecule has 19 heavy (non-hydrogen) atoms. The highest BCUT2D eigenvalue weighted by atomic mass is 32.2. The summed E-state index contributed by atoms with van der Waals surface area (Å²) in [7, 11) is 0. The first kappa shape index (κ1) is 14.4. The van der Waals surface area contributed by atoms with Crippen LogP contribution in [-0.2, 0) is 0 Å². The van der Waals surface area contributed by atoms with Crippen molar-refractivity contribution in [1.29, 1.82) is 5.26 Å². The van der Waals surface area contributed by atoms with E-state index in [-0.39, 0.29) is 5.54 Å². The summed E-state index contributed by atoms with van der Waals surface area (Å²) in [5.74, 6) is 1.56. The van der Waals surface area contributed by atoms with E-state index in [4.69, 9.17) is 4.42 Å². The number of nitrogens with one attached hydrogen (secondary N) is 1. The zero-order chi connectivity index (χ0) is 13.7. The molecule has 1 atom stereocenters. The zero-order valence-electron chi connectivity index (χ0n) is 11.5. The summed E-state index contributed by atoms with van der Waals surface area (Å²) in [6, 6.07) is 2.97. The second kappa shape index (κ2) is 6.40. The Morgan fingerprint density at radius 2 is 2.26 bits per heavy atom. The third-order valence-corrected chi connectivity index (χ3v) is 4.06. The molecule has 0 spiro atoms. The lowest BCUT2D eigenvalue weighted by molar-refractivity contribution is 0.402. The van der Waals surface area contributed by atoms with Crippen LogP contribution in [0.2, 0.25) is 0 Å². The van der Waals surface area contributed by atoms with Gasteiger partial charge in [0.2, 0.25) is 5.89 Å². The summed E-state index contributed by atoms with van der Waals surface area (Å²) < 4.78 is 5.29. The number of hydrogen-bond acceptors (Lipinski definition) is 6. The maximum atomic E-state index is 9.25. The lowest BCUT2D eigenvalue weighted by atomic mass is 9.96. The summed E-state index contributed by atoms with van der Waals surface area (Å²) in [6.45, 7) is 3.79. The van der Waals surface area contributed by atoms with E-state index in [2.05, 4.69) is 21.6 Å². The van der Waals surface area contributed by atoms with Crippen LogP contribution >= 0.6 is 11.8 Å². The number of aromatic nitrogens is 2. The lowest BCUT2D eigenvalue weighted by Gasteiger charge is -2.23. The molecule has 1 aromatic heterocycles. The number of nitrogens with zero attached hydrogens (tertiary/aromatic N) is 3. The van der Waals surface area contributed by atoms with Gasteiger partial charge in [0, 0.05) is 18.7 Å². The number of rotatable bonds is 8. The van der Waals surface area contributed by atoms with Gasteiger partial charge in [-0.15, -0.1) is 10.2 Å². The van der Waals surface area contributed by atoms with Crippen molar-refractivity contribution >= 4 is 11.8 Å². The smallest absolute Gasteiger partial charge is 0.276 e. The fraction of sp³-hybridized carbons (Fsp3) is 0.769. The molecule has 5 nitrogen and oxygen atoms in total. The molecule has 1 aliphatic carbocycles. The Hall–Kier alpha value is -1.06. The second-order valence-electron chi connectivity index (χ2n) is 5.26. The monoisotopic (exact) mass is 280 g/mol. The molecule has 1 heterocycles. The minimum absolute atomic E-state index is 0.368. The minimum Gasteiger partial charge on any atom is -0.416 e. The van der Waals surface area contributed by atoms with Crippen LogP contribution in [0.3, 0.4) is 0 Å². The van der Waals surface area contributed by atoms with Crippen molar-refractivity contribution in [3.8, 4) is 6.07 Å². The molecule has 0 bridgehead atoms. The number of thioether (sulfide) groups is 1. The Balaban J connectivity index is 1.61. The average Bonchev–Trinajstić information content (AvgIpc) is 3.09. The van der Waals surface area contributed by atoms with Crippen LogP contribution < -0.4 is 5.32 Å². The summed E-state index contributed by atoms with van der Waals surface area (Å²) in [5.41, 5.74) is -0.368. The quantitative estimate of drug-likeness (QED) is 0.583. The highest BCUT2D eigenvalue weighted by molar-refractivity contribution is 7.99. The highest BCUT2D eigenvalue weighted by Gasteiger charge is 2.31. The average molecular weight is 280 g/mol. The third kappa shape index (κ3) is 4.84. The Morgan fingerprint density at radius 1 is 1.47 bits per heavy atom. The van der Waals surface area contributed by atoms with Gasteiger partial charge < -0.3 is 4.42 Å². The molecule has 0 radical (unpaired) electrons. The highest BCUT2D eigenvalue weighted by Crippen LogP contribution is 2.25. The van der Waals surface area contributed by atoms with Crippen LogP contribution in [0.15, 0.2) is 9.64 Å². The first-order valence-electron chi connectivity index (χ1n) is 6.73. The molecular formula is C13H20N4OS. The second-order valence-corrected chi connectivity index (χ2v) is 6.30. The summed E-state index contributed by atoms with van der Waals surface area (Å²) in [6.07, 6.45) is 5.40. The molecular weight excluding hydrogens is 260 g/mol. The van der Waals surface area contributed by atoms with E-state index in [9.17, 15) is 5.26 Å². The van der Waals surface area contributed by atoms with Gasteiger partial charge in [0.1, 0.15) is 5.54 Å². The van der Waals surface area contributed by atoms with Crippen molar-refractivity contribution < 1.29 is 4.42 Å². The van der Waals surface area contributed by atoms with Gasteiger partial charge in [-0.05, 0) is 39.0 Å². The third-order valence-electron chi connectivity index (χ3n) is 3.15. The summed E-state index contributed by atoms with van der Waals surface area (Å²) in [4.78, 5) is 0. The van der Waals surface area contributed by atoms with Crippen LogP contribution in [-0.4, -0.2) is 27.5 Å². The van der Waals surface area contributed by atoms with Gasteiger partial charge >= 0.3 is 0 Å². The fourth-order valence-corrected chi connectivity index (χ4v) is 2.72. The maximum absolute atomic E-state index is 9.25. The van der Waals surface area contributed by atoms with Crippen LogP contribution in [0.25, 0.3) is 0 Å². The standard InChI is InChI=1S/C13H20N4OS/c1-10-16-17-12(18-10)19-8-4-3-7-13(2,9-14)15-11-5-6-11/h11,15H,3-8H2,1-2H3. The largest absolute Gasteiger partial charge is 0.416 e. The van der Waals surface area contributed by atoms with Crippen molar-refractivity contribution in [2.45, 2.75) is 62.8 Å². The predicted molar refractivity (Wildman–Crippen MR) is 73.8 cm³/mol. The first-order chi connectivity index (χ1) is 9.11. The predicted octanol–water partition coefficient (Wildman–Crippen LogP) is 2.67. The Kier molecular flexibility index (Phi) is 4.83. The Morgan fingerprint density at radius 3 is 2.84 bits per heavy atom. The van der Waals surface area contributed by atoms with Crippen LogP contribution in [0.4, 0.5) is 0 Å². The molecule has 1 aromatic rings. The fourth-order valence-electron chi connectivity index (χ4n) is 1.92. The number of hydrogen-bond donors (Lipinski definition) is 1. The van der Waals surface area contributed by atoms with Gasteiger partial charge in [0.05, 0.1) is 6.07 Å². The van der Waals surface area contributed by atoms with Crippen molar-refractivity contribution in [3.05, 3.63) is 5.89 Å². The molecule has 6 heteroatoms. The topological polar surface area (TPSA) is 74.7 Å². The molecule has 0 amide bonds. The van der Waals surface area contributed by atoms with E-state index in [1.54, 1.807) is 18.7 Å². The van der Waals surface area contributed by atoms with Gasteiger partial charge in [-0.2, -0.15) is 5.26 Å². The van der Waals surface area contributed by atoms with Crippen LogP contribution in [0, 0.1) is 18.3 Å². The van der Waals surface area contributed by atoms with Gasteiger partial charge in [-0.1, -0.05) is 11.8 Å². The van der Waals surface area contributed by atoms with Gasteiger partial charge in [-0.25, -0.2) is 0 Å². The van der Waals surface area contributed by atoms with Crippen LogP contribution in [0.1, 0.15) is 44.9 Å². The Labute approximate surface area is 118 Å². The molecule has 2 rings (SSSR count). The molecule has 1 fully saturated rings. The molecule has 0 aliphatic heterocycles. The SMILES string of the molecule is Cc1nnc(SCCCCC(C)(C#N)NC2CC2)o1. The Bertz CT molecular complexity index is 452. The number of aryl methyl sites for hydroxylation is 1. The van der Waals surface area contributed by atoms with Gasteiger partial charge in [0.15, 0.2) is 0 Å². The number of nitriles is 1. The molecule has 0 saturated heterocycles. The maximum Gasteiger partial charge on any atom is 0.276 e. The zero-order valence-corrected chi connectivity index (χ0v) is 12.3. The first-order valence-corrected chi connectivity index (χ1v) is 7.72. The molecule has 1 unspecified atom stereocenters. The molecule has 104 valence electrons. The van der Waals surface area contributed by atoms with E-state index in [0.29, 0.717) is 17.2 Å². The minimum atomic E-state index is -0.368. The van der Waals surface area contributed by atoms with Crippen LogP contribution in [0.5, 0.6) is 0 Å². The van der Waals surface area contributed by atoms with Crippen molar-refractivity contribution in [3.63, 3.8) is 0 Å². The van der Waals surface area contributed by atoms with Crippen molar-refractivity contribution in [2.24, 2.45) is 0 Å². The van der Waals surface area contributed by atoms with E-state index >= 15 is 0 Å². The van der Waals surface area contributed by atoms with Gasteiger partial charge in [0.25, 0.3) is 5.22 Å². The van der Waals surface area contributed by atoms with E-state index < -0.39 is 0 Å². The van der Waals surface area contributed by atoms with E-state index in [0.717, 1.165) is 25.0 Å². The molecule has 0 aromatic carbocycles. The van der Waals surface area contributed by atoms with E-state index in [1.807, 2.05) is 6.92 Å². The summed E-state index contributed by atoms with van der Waals surface area (Å²) in [5, 5.41) is 21.0. The molecule has 1 aliphatic rings.